The molecule has 17 heavy (non-hydrogen) atoms. The van der Waals surface area contributed by atoms with Gasteiger partial charge < -0.3 is 10.6 Å². The molecule has 1 aliphatic rings. The first-order valence-corrected chi connectivity index (χ1v) is 6.42. The lowest BCUT2D eigenvalue weighted by Gasteiger charge is -2.40. The molecule has 1 rings (SSSR count). The predicted octanol–water partition coefficient (Wildman–Crippen LogP) is 2.39. The Labute approximate surface area is 102 Å². The van der Waals surface area contributed by atoms with Crippen LogP contribution < -0.4 is 10.6 Å². The Morgan fingerprint density at radius 3 is 2.41 bits per heavy atom. The minimum absolute atomic E-state index is 0.327. The number of nitrogens with one attached hydrogen (secondary N) is 2. The average molecular weight is 247 g/mol. The lowest BCUT2D eigenvalue weighted by Crippen LogP contribution is -2.41. The maximum atomic E-state index is 12.1. The standard InChI is InChI=1S/C12H23F2N3/c1-3-12(6-5-7-12)9-17-11(15-4-2)16-8-10(13)14/h10H,3-9H2,1-2H3,(H2,15,16,17). The zero-order valence-electron chi connectivity index (χ0n) is 10.7. The Morgan fingerprint density at radius 2 is 2.00 bits per heavy atom. The van der Waals surface area contributed by atoms with Gasteiger partial charge in [-0.15, -0.1) is 0 Å². The Hall–Kier alpha value is -0.870. The molecule has 0 saturated heterocycles. The van der Waals surface area contributed by atoms with Crippen molar-refractivity contribution in [2.24, 2.45) is 10.4 Å². The summed E-state index contributed by atoms with van der Waals surface area (Å²) in [5.74, 6) is 0.507. The van der Waals surface area contributed by atoms with Crippen LogP contribution in [-0.2, 0) is 0 Å². The van der Waals surface area contributed by atoms with Crippen molar-refractivity contribution in [2.75, 3.05) is 19.6 Å². The topological polar surface area (TPSA) is 36.4 Å². The summed E-state index contributed by atoms with van der Waals surface area (Å²) in [6.45, 7) is 5.19. The average Bonchev–Trinajstić information content (AvgIpc) is 2.24. The second-order valence-electron chi connectivity index (χ2n) is 4.67. The molecule has 3 nitrogen and oxygen atoms in total. The summed E-state index contributed by atoms with van der Waals surface area (Å²) in [5.41, 5.74) is 0.327. The van der Waals surface area contributed by atoms with Crippen LogP contribution in [0.15, 0.2) is 4.99 Å². The van der Waals surface area contributed by atoms with Crippen molar-refractivity contribution in [3.8, 4) is 0 Å². The normalized spacial score (nSPS) is 19.0. The molecule has 0 spiro atoms. The second-order valence-corrected chi connectivity index (χ2v) is 4.67. The first-order chi connectivity index (χ1) is 8.12. The van der Waals surface area contributed by atoms with E-state index in [1.54, 1.807) is 0 Å². The third-order valence-electron chi connectivity index (χ3n) is 3.50. The minimum Gasteiger partial charge on any atom is -0.357 e. The first-order valence-electron chi connectivity index (χ1n) is 6.42. The number of rotatable bonds is 6. The van der Waals surface area contributed by atoms with Crippen LogP contribution in [0.5, 0.6) is 0 Å². The molecule has 0 unspecified atom stereocenters. The third-order valence-corrected chi connectivity index (χ3v) is 3.50. The Balaban J connectivity index is 2.44. The van der Waals surface area contributed by atoms with Gasteiger partial charge >= 0.3 is 0 Å². The molecule has 0 aliphatic heterocycles. The molecule has 0 radical (unpaired) electrons. The van der Waals surface area contributed by atoms with E-state index in [1.165, 1.54) is 19.3 Å². The maximum Gasteiger partial charge on any atom is 0.255 e. The van der Waals surface area contributed by atoms with Gasteiger partial charge in [0.25, 0.3) is 6.43 Å². The number of halogens is 2. The van der Waals surface area contributed by atoms with Gasteiger partial charge in [0.1, 0.15) is 0 Å². The molecular formula is C12H23F2N3. The van der Waals surface area contributed by atoms with E-state index >= 15 is 0 Å². The summed E-state index contributed by atoms with van der Waals surface area (Å²) in [6.07, 6.45) is 2.46. The molecule has 100 valence electrons. The predicted molar refractivity (Wildman–Crippen MR) is 66.6 cm³/mol. The van der Waals surface area contributed by atoms with E-state index in [1.807, 2.05) is 6.92 Å². The van der Waals surface area contributed by atoms with Crippen LogP contribution in [-0.4, -0.2) is 32.0 Å². The van der Waals surface area contributed by atoms with Gasteiger partial charge in [-0.2, -0.15) is 0 Å². The fourth-order valence-electron chi connectivity index (χ4n) is 2.06. The molecule has 0 atom stereocenters. The Bertz CT molecular complexity index is 245. The number of aliphatic imine (C=N–C) groups is 1. The minimum atomic E-state index is -2.34. The van der Waals surface area contributed by atoms with E-state index in [0.29, 0.717) is 17.9 Å². The first kappa shape index (κ1) is 14.2. The summed E-state index contributed by atoms with van der Waals surface area (Å²) in [6, 6.07) is 0. The van der Waals surface area contributed by atoms with Gasteiger partial charge in [-0.3, -0.25) is 4.99 Å². The summed E-state index contributed by atoms with van der Waals surface area (Å²) in [4.78, 5) is 4.41. The van der Waals surface area contributed by atoms with Crippen molar-refractivity contribution >= 4 is 5.96 Å². The lowest BCUT2D eigenvalue weighted by molar-refractivity contribution is 0.138. The highest BCUT2D eigenvalue weighted by Crippen LogP contribution is 2.43. The van der Waals surface area contributed by atoms with Crippen LogP contribution in [0, 0.1) is 5.41 Å². The highest BCUT2D eigenvalue weighted by molar-refractivity contribution is 5.79. The van der Waals surface area contributed by atoms with Crippen molar-refractivity contribution in [3.05, 3.63) is 0 Å². The summed E-state index contributed by atoms with van der Waals surface area (Å²) >= 11 is 0. The van der Waals surface area contributed by atoms with Crippen molar-refractivity contribution in [2.45, 2.75) is 46.0 Å². The SMILES string of the molecule is CCNC(=NCC1(CC)CCC1)NCC(F)F. The maximum absolute atomic E-state index is 12.1. The van der Waals surface area contributed by atoms with Crippen LogP contribution in [0.25, 0.3) is 0 Å². The van der Waals surface area contributed by atoms with Crippen LogP contribution in [0.3, 0.4) is 0 Å². The molecule has 0 aromatic carbocycles. The molecule has 0 amide bonds. The highest BCUT2D eigenvalue weighted by Gasteiger charge is 2.34. The van der Waals surface area contributed by atoms with Crippen LogP contribution in [0.1, 0.15) is 39.5 Å². The smallest absolute Gasteiger partial charge is 0.255 e. The fourth-order valence-corrected chi connectivity index (χ4v) is 2.06. The van der Waals surface area contributed by atoms with Gasteiger partial charge in [-0.05, 0) is 31.6 Å². The third kappa shape index (κ3) is 4.48. The van der Waals surface area contributed by atoms with E-state index in [-0.39, 0.29) is 6.54 Å². The summed E-state index contributed by atoms with van der Waals surface area (Å²) < 4.78 is 24.2. The van der Waals surface area contributed by atoms with Crippen LogP contribution >= 0.6 is 0 Å². The van der Waals surface area contributed by atoms with E-state index in [4.69, 9.17) is 0 Å². The molecule has 0 bridgehead atoms. The van der Waals surface area contributed by atoms with Crippen molar-refractivity contribution in [1.29, 1.82) is 0 Å². The summed E-state index contributed by atoms with van der Waals surface area (Å²) in [7, 11) is 0. The highest BCUT2D eigenvalue weighted by atomic mass is 19.3. The van der Waals surface area contributed by atoms with Gasteiger partial charge in [-0.25, -0.2) is 8.78 Å². The Morgan fingerprint density at radius 1 is 1.29 bits per heavy atom. The Kier molecular flexibility index (Phi) is 5.65. The van der Waals surface area contributed by atoms with E-state index < -0.39 is 6.43 Å². The number of alkyl halides is 2. The number of hydrogen-bond donors (Lipinski definition) is 2. The summed E-state index contributed by atoms with van der Waals surface area (Å²) in [5, 5.41) is 5.64. The van der Waals surface area contributed by atoms with Crippen molar-refractivity contribution in [1.82, 2.24) is 10.6 Å². The van der Waals surface area contributed by atoms with Crippen LogP contribution in [0.2, 0.25) is 0 Å². The van der Waals surface area contributed by atoms with Crippen molar-refractivity contribution < 1.29 is 8.78 Å². The quantitative estimate of drug-likeness (QED) is 0.558. The second kappa shape index (κ2) is 6.77. The zero-order chi connectivity index (χ0) is 12.7. The number of guanidine groups is 1. The van der Waals surface area contributed by atoms with Gasteiger partial charge in [-0.1, -0.05) is 13.3 Å². The molecule has 0 heterocycles. The molecular weight excluding hydrogens is 224 g/mol. The van der Waals surface area contributed by atoms with Gasteiger partial charge in [0, 0.05) is 13.1 Å². The molecule has 1 aliphatic carbocycles. The molecule has 5 heteroatoms. The largest absolute Gasteiger partial charge is 0.357 e. The van der Waals surface area contributed by atoms with E-state index in [9.17, 15) is 8.78 Å². The van der Waals surface area contributed by atoms with Crippen molar-refractivity contribution in [3.63, 3.8) is 0 Å². The fraction of sp³-hybridized carbons (Fsp3) is 0.917. The van der Waals surface area contributed by atoms with Gasteiger partial charge in [0.2, 0.25) is 0 Å². The van der Waals surface area contributed by atoms with Crippen LogP contribution in [0.4, 0.5) is 8.78 Å². The molecule has 1 saturated carbocycles. The molecule has 2 N–H and O–H groups in total. The molecule has 1 fully saturated rings. The van der Waals surface area contributed by atoms with Gasteiger partial charge in [0.05, 0.1) is 6.54 Å². The molecule has 0 aromatic rings. The zero-order valence-corrected chi connectivity index (χ0v) is 10.7. The van der Waals surface area contributed by atoms with Gasteiger partial charge in [0.15, 0.2) is 5.96 Å². The number of nitrogens with zero attached hydrogens (tertiary/aromatic N) is 1. The molecule has 0 aromatic heterocycles. The van der Waals surface area contributed by atoms with E-state index in [2.05, 4.69) is 22.5 Å². The number of hydrogen-bond acceptors (Lipinski definition) is 1. The lowest BCUT2D eigenvalue weighted by atomic mass is 9.67. The van der Waals surface area contributed by atoms with E-state index in [0.717, 1.165) is 13.0 Å². The monoisotopic (exact) mass is 247 g/mol.